The van der Waals surface area contributed by atoms with E-state index in [4.69, 9.17) is 4.74 Å². The highest BCUT2D eigenvalue weighted by atomic mass is 16.5. The Morgan fingerprint density at radius 1 is 1.04 bits per heavy atom. The topological polar surface area (TPSA) is 78.0 Å². The highest BCUT2D eigenvalue weighted by Crippen LogP contribution is 2.33. The van der Waals surface area contributed by atoms with E-state index in [0.717, 1.165) is 51.6 Å². The van der Waals surface area contributed by atoms with Gasteiger partial charge >= 0.3 is 0 Å². The fourth-order valence-corrected chi connectivity index (χ4v) is 5.01. The Bertz CT molecular complexity index is 507. The molecule has 1 amide bonds. The van der Waals surface area contributed by atoms with Gasteiger partial charge in [0.2, 0.25) is 5.91 Å². The third kappa shape index (κ3) is 6.08. The van der Waals surface area contributed by atoms with E-state index >= 15 is 0 Å². The number of ether oxygens (including phenoxy) is 1. The third-order valence-corrected chi connectivity index (χ3v) is 6.66. The summed E-state index contributed by atoms with van der Waals surface area (Å²) >= 11 is 0. The highest BCUT2D eigenvalue weighted by Gasteiger charge is 2.38. The van der Waals surface area contributed by atoms with E-state index in [9.17, 15) is 4.79 Å². The number of guanidine groups is 1. The van der Waals surface area contributed by atoms with E-state index in [1.807, 2.05) is 0 Å². The lowest BCUT2D eigenvalue weighted by atomic mass is 9.80. The van der Waals surface area contributed by atoms with E-state index in [1.54, 1.807) is 7.05 Å². The molecule has 0 atom stereocenters. The van der Waals surface area contributed by atoms with E-state index in [-0.39, 0.29) is 18.0 Å². The van der Waals surface area contributed by atoms with Crippen LogP contribution >= 0.6 is 0 Å². The molecule has 3 fully saturated rings. The Morgan fingerprint density at radius 2 is 1.71 bits per heavy atom. The van der Waals surface area contributed by atoms with Crippen LogP contribution in [0, 0.1) is 0 Å². The van der Waals surface area contributed by atoms with Crippen molar-refractivity contribution in [1.29, 1.82) is 0 Å². The first kappa shape index (κ1) is 21.4. The molecule has 0 aromatic heterocycles. The summed E-state index contributed by atoms with van der Waals surface area (Å²) in [5.74, 6) is 0.785. The molecule has 3 N–H and O–H groups in total. The number of carbonyl (C=O) groups is 1. The van der Waals surface area contributed by atoms with Crippen LogP contribution in [0.5, 0.6) is 0 Å². The van der Waals surface area contributed by atoms with Crippen molar-refractivity contribution < 1.29 is 9.53 Å². The lowest BCUT2D eigenvalue weighted by Crippen LogP contribution is -2.60. The van der Waals surface area contributed by atoms with E-state index in [1.165, 1.54) is 51.4 Å². The van der Waals surface area contributed by atoms with Gasteiger partial charge < -0.3 is 20.7 Å². The maximum atomic E-state index is 12.3. The van der Waals surface area contributed by atoms with Gasteiger partial charge in [-0.15, -0.1) is 0 Å². The molecule has 0 spiro atoms. The summed E-state index contributed by atoms with van der Waals surface area (Å²) < 4.78 is 5.57. The zero-order chi connectivity index (χ0) is 19.7. The molecule has 0 unspecified atom stereocenters. The summed E-state index contributed by atoms with van der Waals surface area (Å²) in [5.41, 5.74) is 0.185. The largest absolute Gasteiger partial charge is 0.379 e. The molecule has 1 saturated heterocycles. The lowest BCUT2D eigenvalue weighted by molar-refractivity contribution is -0.120. The summed E-state index contributed by atoms with van der Waals surface area (Å²) in [5, 5.41) is 9.87. The second-order valence-electron chi connectivity index (χ2n) is 8.57. The molecular weight excluding hydrogens is 354 g/mol. The maximum Gasteiger partial charge on any atom is 0.239 e. The average Bonchev–Trinajstić information content (AvgIpc) is 2.76. The minimum atomic E-state index is 0.0652. The maximum absolute atomic E-state index is 12.3. The molecule has 0 radical (unpaired) electrons. The fraction of sp³-hybridized carbons (Fsp3) is 0.905. The first-order chi connectivity index (χ1) is 13.7. The number of carbonyl (C=O) groups excluding carboxylic acids is 1. The fourth-order valence-electron chi connectivity index (χ4n) is 5.01. The van der Waals surface area contributed by atoms with E-state index < -0.39 is 0 Å². The molecule has 160 valence electrons. The minimum Gasteiger partial charge on any atom is -0.379 e. The van der Waals surface area contributed by atoms with E-state index in [2.05, 4.69) is 25.8 Å². The summed E-state index contributed by atoms with van der Waals surface area (Å²) in [6.07, 6.45) is 12.3. The summed E-state index contributed by atoms with van der Waals surface area (Å²) in [7, 11) is 1.77. The average molecular weight is 394 g/mol. The predicted octanol–water partition coefficient (Wildman–Crippen LogP) is 1.64. The van der Waals surface area contributed by atoms with Gasteiger partial charge in [0.25, 0.3) is 0 Å². The molecule has 2 aliphatic carbocycles. The summed E-state index contributed by atoms with van der Waals surface area (Å²) in [6.45, 7) is 4.83. The zero-order valence-electron chi connectivity index (χ0n) is 17.6. The molecule has 3 rings (SSSR count). The van der Waals surface area contributed by atoms with Crippen LogP contribution in [0.25, 0.3) is 0 Å². The quantitative estimate of drug-likeness (QED) is 0.472. The first-order valence-corrected chi connectivity index (χ1v) is 11.3. The second-order valence-corrected chi connectivity index (χ2v) is 8.57. The first-order valence-electron chi connectivity index (χ1n) is 11.3. The number of aliphatic imine (C=N–C) groups is 1. The SMILES string of the molecule is CN=C(NCC(=O)NC1CCCCC1)NCC1(N2CCOCC2)CCCCC1. The normalized spacial score (nSPS) is 24.5. The van der Waals surface area contributed by atoms with E-state index in [0.29, 0.717) is 6.04 Å². The summed E-state index contributed by atoms with van der Waals surface area (Å²) in [6, 6.07) is 0.352. The Labute approximate surface area is 170 Å². The Kier molecular flexibility index (Phi) is 8.40. The number of hydrogen-bond acceptors (Lipinski definition) is 4. The molecule has 0 aromatic rings. The van der Waals surface area contributed by atoms with Crippen molar-refractivity contribution in [2.24, 2.45) is 4.99 Å². The number of morpholine rings is 1. The Hall–Kier alpha value is -1.34. The zero-order valence-corrected chi connectivity index (χ0v) is 17.6. The van der Waals surface area contributed by atoms with Crippen LogP contribution in [0.4, 0.5) is 0 Å². The van der Waals surface area contributed by atoms with Crippen LogP contribution in [0.2, 0.25) is 0 Å². The highest BCUT2D eigenvalue weighted by molar-refractivity contribution is 5.86. The van der Waals surface area contributed by atoms with Gasteiger partial charge in [0, 0.05) is 38.3 Å². The van der Waals surface area contributed by atoms with Crippen LogP contribution in [-0.2, 0) is 9.53 Å². The molecule has 1 heterocycles. The van der Waals surface area contributed by atoms with Crippen LogP contribution in [0.15, 0.2) is 4.99 Å². The van der Waals surface area contributed by atoms with Gasteiger partial charge in [-0.05, 0) is 25.7 Å². The van der Waals surface area contributed by atoms with Crippen molar-refractivity contribution in [3.63, 3.8) is 0 Å². The standard InChI is InChI=1S/C21H39N5O2/c1-22-20(23-16-19(27)25-18-8-4-2-5-9-18)24-17-21(10-6-3-7-11-21)26-12-14-28-15-13-26/h18H,2-17H2,1H3,(H,25,27)(H2,22,23,24). The smallest absolute Gasteiger partial charge is 0.239 e. The predicted molar refractivity (Wildman–Crippen MR) is 113 cm³/mol. The number of nitrogens with one attached hydrogen (secondary N) is 3. The molecule has 28 heavy (non-hydrogen) atoms. The second kappa shape index (κ2) is 11.0. The van der Waals surface area contributed by atoms with Crippen molar-refractivity contribution in [2.75, 3.05) is 46.4 Å². The van der Waals surface area contributed by atoms with Crippen molar-refractivity contribution >= 4 is 11.9 Å². The Morgan fingerprint density at radius 3 is 2.39 bits per heavy atom. The molecule has 1 aliphatic heterocycles. The molecule has 0 aromatic carbocycles. The molecule has 7 heteroatoms. The third-order valence-electron chi connectivity index (χ3n) is 6.66. The van der Waals surface area contributed by atoms with Crippen molar-refractivity contribution in [2.45, 2.75) is 75.8 Å². The van der Waals surface area contributed by atoms with Crippen molar-refractivity contribution in [3.05, 3.63) is 0 Å². The van der Waals surface area contributed by atoms with Crippen LogP contribution in [-0.4, -0.2) is 74.8 Å². The monoisotopic (exact) mass is 393 g/mol. The van der Waals surface area contributed by atoms with Crippen molar-refractivity contribution in [3.8, 4) is 0 Å². The lowest BCUT2D eigenvalue weighted by Gasteiger charge is -2.48. The minimum absolute atomic E-state index is 0.0652. The van der Waals surface area contributed by atoms with Gasteiger partial charge in [-0.3, -0.25) is 14.7 Å². The molecule has 0 bridgehead atoms. The molecule has 7 nitrogen and oxygen atoms in total. The van der Waals surface area contributed by atoms with Gasteiger partial charge in [0.15, 0.2) is 5.96 Å². The van der Waals surface area contributed by atoms with Crippen LogP contribution < -0.4 is 16.0 Å². The number of amides is 1. The number of nitrogens with zero attached hydrogens (tertiary/aromatic N) is 2. The van der Waals surface area contributed by atoms with Gasteiger partial charge in [0.1, 0.15) is 0 Å². The van der Waals surface area contributed by atoms with Gasteiger partial charge in [-0.2, -0.15) is 0 Å². The van der Waals surface area contributed by atoms with Gasteiger partial charge in [-0.1, -0.05) is 38.5 Å². The molecule has 2 saturated carbocycles. The van der Waals surface area contributed by atoms with Gasteiger partial charge in [-0.25, -0.2) is 0 Å². The van der Waals surface area contributed by atoms with Crippen LogP contribution in [0.3, 0.4) is 0 Å². The number of rotatable bonds is 6. The summed E-state index contributed by atoms with van der Waals surface area (Å²) in [4.78, 5) is 19.2. The Balaban J connectivity index is 1.46. The molecular formula is C21H39N5O2. The molecule has 3 aliphatic rings. The van der Waals surface area contributed by atoms with Crippen LogP contribution in [0.1, 0.15) is 64.2 Å². The number of hydrogen-bond donors (Lipinski definition) is 3. The van der Waals surface area contributed by atoms with Crippen molar-refractivity contribution in [1.82, 2.24) is 20.9 Å². The van der Waals surface area contributed by atoms with Gasteiger partial charge in [0.05, 0.1) is 19.8 Å².